The van der Waals surface area contributed by atoms with Crippen LogP contribution in [-0.2, 0) is 0 Å². The van der Waals surface area contributed by atoms with Crippen molar-refractivity contribution in [2.24, 2.45) is 0 Å². The Morgan fingerprint density at radius 2 is 0.704 bits per heavy atom. The molecule has 0 radical (unpaired) electrons. The zero-order valence-electron chi connectivity index (χ0n) is 45.8. The molecule has 0 saturated heterocycles. The number of nitriles is 1. The van der Waals surface area contributed by atoms with E-state index in [-0.39, 0.29) is 0 Å². The lowest BCUT2D eigenvalue weighted by Crippen LogP contribution is -2.03. The maximum absolute atomic E-state index is 10.8. The van der Waals surface area contributed by atoms with E-state index in [4.69, 9.17) is 46.4 Å². The standard InChI is InChI=1S/C65H48N16/c1-33-11-18-48(55(25-33)67-10)43-13-20-56(80-57-21-14-44(62-72-34(2)68-35(3)73-62)28-51(57)52-29-45(15-22-58(52)80)63-74-36(4)69-37(5)75-63)50(27-43)49-19-12-42(32-66)26-61(49)81-59-23-16-46(64-76-38(6)70-39(7)77-64)30-53(59)54-31-47(17-24-60(54)81)65-78-40(8)71-41(9)79-65/h11-31H,1-9H3. The molecule has 0 saturated carbocycles. The smallest absolute Gasteiger partial charge is 0.195 e. The van der Waals surface area contributed by atoms with E-state index in [2.05, 4.69) is 119 Å². The van der Waals surface area contributed by atoms with Crippen LogP contribution >= 0.6 is 0 Å². The molecule has 0 bridgehead atoms. The van der Waals surface area contributed by atoms with Gasteiger partial charge in [0.1, 0.15) is 46.6 Å². The van der Waals surface area contributed by atoms with Gasteiger partial charge in [-0.25, -0.2) is 64.7 Å². The average Bonchev–Trinajstić information content (AvgIpc) is 4.20. The van der Waals surface area contributed by atoms with Crippen LogP contribution < -0.4 is 0 Å². The van der Waals surface area contributed by atoms with Gasteiger partial charge in [-0.1, -0.05) is 35.9 Å². The Bertz CT molecular complexity index is 4620. The van der Waals surface area contributed by atoms with E-state index in [1.165, 1.54) is 0 Å². The van der Waals surface area contributed by atoms with Crippen molar-refractivity contribution in [2.45, 2.75) is 62.3 Å². The summed E-state index contributed by atoms with van der Waals surface area (Å²) in [4.78, 5) is 60.1. The van der Waals surface area contributed by atoms with E-state index in [1.54, 1.807) is 0 Å². The monoisotopic (exact) mass is 1050 g/mol. The molecule has 0 spiro atoms. The number of aryl methyl sites for hydroxylation is 9. The van der Waals surface area contributed by atoms with Gasteiger partial charge in [0.15, 0.2) is 29.0 Å². The molecule has 13 aromatic rings. The Morgan fingerprint density at radius 1 is 0.346 bits per heavy atom. The molecule has 16 nitrogen and oxygen atoms in total. The van der Waals surface area contributed by atoms with E-state index in [9.17, 15) is 5.26 Å². The first-order valence-electron chi connectivity index (χ1n) is 26.3. The first-order chi connectivity index (χ1) is 39.2. The number of hydrogen-bond donors (Lipinski definition) is 0. The number of aromatic nitrogens is 14. The highest BCUT2D eigenvalue weighted by atomic mass is 15.1. The third kappa shape index (κ3) is 8.81. The van der Waals surface area contributed by atoms with Gasteiger partial charge >= 0.3 is 0 Å². The molecule has 6 heterocycles. The second-order valence-corrected chi connectivity index (χ2v) is 20.3. The Hall–Kier alpha value is -10.8. The summed E-state index contributed by atoms with van der Waals surface area (Å²) in [6.07, 6.45) is 0. The second kappa shape index (κ2) is 19.3. The lowest BCUT2D eigenvalue weighted by atomic mass is 9.94. The fourth-order valence-corrected chi connectivity index (χ4v) is 11.2. The van der Waals surface area contributed by atoms with E-state index in [0.29, 0.717) is 81.1 Å². The summed E-state index contributed by atoms with van der Waals surface area (Å²) >= 11 is 0. The van der Waals surface area contributed by atoms with E-state index in [0.717, 1.165) is 105 Å². The minimum absolute atomic E-state index is 0.473. The summed E-state index contributed by atoms with van der Waals surface area (Å²) < 4.78 is 4.52. The third-order valence-corrected chi connectivity index (χ3v) is 14.5. The van der Waals surface area contributed by atoms with Gasteiger partial charge in [-0.05, 0) is 171 Å². The number of benzene rings is 7. The predicted molar refractivity (Wildman–Crippen MR) is 315 cm³/mol. The number of hydrogen-bond acceptors (Lipinski definition) is 13. The highest BCUT2D eigenvalue weighted by molar-refractivity contribution is 6.14. The summed E-state index contributed by atoms with van der Waals surface area (Å²) in [6, 6.07) is 45.9. The number of fused-ring (bicyclic) bond motifs is 6. The fourth-order valence-electron chi connectivity index (χ4n) is 11.2. The Morgan fingerprint density at radius 3 is 1.07 bits per heavy atom. The number of rotatable bonds is 8. The van der Waals surface area contributed by atoms with Crippen molar-refractivity contribution >= 4 is 49.3 Å². The van der Waals surface area contributed by atoms with Gasteiger partial charge in [0.2, 0.25) is 0 Å². The summed E-state index contributed by atoms with van der Waals surface area (Å²) in [7, 11) is 0. The van der Waals surface area contributed by atoms with Crippen molar-refractivity contribution < 1.29 is 0 Å². The van der Waals surface area contributed by atoms with Crippen LogP contribution in [0.4, 0.5) is 5.69 Å². The van der Waals surface area contributed by atoms with Crippen LogP contribution in [0.2, 0.25) is 0 Å². The quantitative estimate of drug-likeness (QED) is 0.131. The van der Waals surface area contributed by atoms with E-state index < -0.39 is 0 Å². The summed E-state index contributed by atoms with van der Waals surface area (Å²) in [5.74, 6) is 7.29. The van der Waals surface area contributed by atoms with Crippen molar-refractivity contribution in [3.8, 4) is 85.2 Å². The largest absolute Gasteiger partial charge is 0.309 e. The molecule has 16 heteroatoms. The van der Waals surface area contributed by atoms with Crippen molar-refractivity contribution in [3.05, 3.63) is 197 Å². The summed E-state index contributed by atoms with van der Waals surface area (Å²) in [6.45, 7) is 25.3. The van der Waals surface area contributed by atoms with Crippen LogP contribution in [0.5, 0.6) is 0 Å². The highest BCUT2D eigenvalue weighted by Crippen LogP contribution is 2.45. The minimum atomic E-state index is 0.473. The Labute approximate surface area is 465 Å². The molecular weight excluding hydrogens is 1000 g/mol. The molecule has 0 aliphatic heterocycles. The molecule has 0 aliphatic carbocycles. The maximum Gasteiger partial charge on any atom is 0.195 e. The summed E-state index contributed by atoms with van der Waals surface area (Å²) in [5.41, 5.74) is 13.8. The van der Waals surface area contributed by atoms with Crippen LogP contribution in [-0.4, -0.2) is 68.9 Å². The normalized spacial score (nSPS) is 11.5. The Balaban J connectivity index is 1.13. The first kappa shape index (κ1) is 49.7. The van der Waals surface area contributed by atoms with Crippen molar-refractivity contribution in [3.63, 3.8) is 0 Å². The van der Waals surface area contributed by atoms with Gasteiger partial charge < -0.3 is 9.13 Å². The number of nitrogens with zero attached hydrogens (tertiary/aromatic N) is 16. The molecular formula is C65H48N16. The third-order valence-electron chi connectivity index (χ3n) is 14.5. The second-order valence-electron chi connectivity index (χ2n) is 20.3. The van der Waals surface area contributed by atoms with Crippen LogP contribution in [0.3, 0.4) is 0 Å². The molecule has 0 aliphatic rings. The first-order valence-corrected chi connectivity index (χ1v) is 26.3. The van der Waals surface area contributed by atoms with Gasteiger partial charge in [-0.15, -0.1) is 0 Å². The molecule has 0 N–H and O–H groups in total. The van der Waals surface area contributed by atoms with Crippen molar-refractivity contribution in [2.75, 3.05) is 0 Å². The lowest BCUT2D eigenvalue weighted by molar-refractivity contribution is 0.928. The zero-order valence-corrected chi connectivity index (χ0v) is 45.8. The average molecular weight is 1050 g/mol. The lowest BCUT2D eigenvalue weighted by Gasteiger charge is -2.20. The SMILES string of the molecule is [C-]#[N+]c1cc(C)ccc1-c1ccc(-n2c3ccc(-c4nc(C)nc(C)n4)cc3c3cc(-c4nc(C)nc(C)n4)ccc32)c(-c2ccc(C#N)cc2-n2c3ccc(-c4nc(C)nc(C)n4)cc3c3cc(-c4nc(C)nc(C)n4)ccc32)c1. The van der Waals surface area contributed by atoms with Crippen molar-refractivity contribution in [1.29, 1.82) is 5.26 Å². The molecule has 6 aromatic heterocycles. The van der Waals surface area contributed by atoms with Gasteiger partial charge in [0.25, 0.3) is 0 Å². The molecule has 388 valence electrons. The zero-order chi connectivity index (χ0) is 56.0. The van der Waals surface area contributed by atoms with Gasteiger partial charge in [0.05, 0.1) is 51.6 Å². The molecule has 0 amide bonds. The van der Waals surface area contributed by atoms with Crippen LogP contribution in [0.15, 0.2) is 127 Å². The molecule has 7 aromatic carbocycles. The molecule has 0 fully saturated rings. The Kier molecular flexibility index (Phi) is 11.8. The predicted octanol–water partition coefficient (Wildman–Crippen LogP) is 13.8. The molecule has 13 rings (SSSR count). The highest BCUT2D eigenvalue weighted by Gasteiger charge is 2.25. The van der Waals surface area contributed by atoms with Crippen LogP contribution in [0.1, 0.15) is 57.7 Å². The van der Waals surface area contributed by atoms with Gasteiger partial charge in [-0.2, -0.15) is 5.26 Å². The summed E-state index contributed by atoms with van der Waals surface area (Å²) in [5, 5.41) is 14.5. The van der Waals surface area contributed by atoms with E-state index >= 15 is 0 Å². The van der Waals surface area contributed by atoms with Crippen molar-refractivity contribution in [1.82, 2.24) is 68.9 Å². The maximum atomic E-state index is 10.8. The van der Waals surface area contributed by atoms with Gasteiger partial charge in [-0.3, -0.25) is 0 Å². The molecule has 0 atom stereocenters. The topological polar surface area (TPSA) is 193 Å². The molecule has 81 heavy (non-hydrogen) atoms. The fraction of sp³-hybridized carbons (Fsp3) is 0.138. The van der Waals surface area contributed by atoms with Gasteiger partial charge in [0, 0.05) is 54.9 Å². The molecule has 0 unspecified atom stereocenters. The minimum Gasteiger partial charge on any atom is -0.309 e. The van der Waals surface area contributed by atoms with Crippen LogP contribution in [0, 0.1) is 80.2 Å². The van der Waals surface area contributed by atoms with Crippen LogP contribution in [0.25, 0.3) is 128 Å². The van der Waals surface area contributed by atoms with E-state index in [1.807, 2.05) is 111 Å².